The molecule has 1 aliphatic rings. The zero-order valence-electron chi connectivity index (χ0n) is 25.2. The zero-order chi connectivity index (χ0) is 31.9. The second-order valence-corrected chi connectivity index (χ2v) is 13.0. The van der Waals surface area contributed by atoms with Crippen molar-refractivity contribution in [2.24, 2.45) is 10.5 Å². The molecule has 4 rings (SSSR count). The van der Waals surface area contributed by atoms with Gasteiger partial charge in [0.15, 0.2) is 0 Å². The Labute approximate surface area is 256 Å². The fourth-order valence-corrected chi connectivity index (χ4v) is 6.44. The van der Waals surface area contributed by atoms with Crippen LogP contribution < -0.4 is 4.74 Å². The van der Waals surface area contributed by atoms with Gasteiger partial charge in [0, 0.05) is 18.0 Å². The Morgan fingerprint density at radius 1 is 1.27 bits per heavy atom. The average Bonchev–Trinajstić information content (AvgIpc) is 3.40. The number of hydrogen-bond acceptors (Lipinski definition) is 9. The third-order valence-electron chi connectivity index (χ3n) is 7.33. The molecule has 1 aromatic heterocycles. The second-order valence-electron chi connectivity index (χ2n) is 11.1. The number of aryl methyl sites for hydroxylation is 1. The van der Waals surface area contributed by atoms with Gasteiger partial charge in [-0.25, -0.2) is 13.1 Å². The number of carboxylic acid groups (broad SMARTS) is 1. The van der Waals surface area contributed by atoms with E-state index in [0.29, 0.717) is 36.8 Å². The Morgan fingerprint density at radius 2 is 2.05 bits per heavy atom. The zero-order valence-corrected chi connectivity index (χ0v) is 26.0. The van der Waals surface area contributed by atoms with Crippen LogP contribution in [0, 0.1) is 12.3 Å². The molecule has 3 aromatic rings. The van der Waals surface area contributed by atoms with E-state index in [9.17, 15) is 18.3 Å². The summed E-state index contributed by atoms with van der Waals surface area (Å²) in [5.74, 6) is -0.733. The lowest BCUT2D eigenvalue weighted by Gasteiger charge is -2.31. The summed E-state index contributed by atoms with van der Waals surface area (Å²) in [6, 6.07) is 12.0. The minimum atomic E-state index is -3.86. The van der Waals surface area contributed by atoms with Gasteiger partial charge in [-0.3, -0.25) is 4.79 Å². The van der Waals surface area contributed by atoms with Crippen LogP contribution in [0.2, 0.25) is 0 Å². The molecule has 44 heavy (non-hydrogen) atoms. The van der Waals surface area contributed by atoms with Crippen molar-refractivity contribution in [3.8, 4) is 5.75 Å². The van der Waals surface area contributed by atoms with Gasteiger partial charge in [0.05, 0.1) is 50.6 Å². The van der Waals surface area contributed by atoms with Crippen molar-refractivity contribution >= 4 is 16.0 Å². The number of aromatic nitrogens is 3. The van der Waals surface area contributed by atoms with Crippen molar-refractivity contribution in [1.82, 2.24) is 19.3 Å². The monoisotopic (exact) mass is 627 g/mol. The number of rotatable bonds is 14. The number of azide groups is 1. The molecule has 0 spiro atoms. The molecular weight excluding hydrogens is 590 g/mol. The number of ether oxygens (including phenoxy) is 3. The molecule has 0 amide bonds. The number of benzene rings is 2. The fraction of sp³-hybridized carbons (Fsp3) is 0.483. The average molecular weight is 628 g/mol. The van der Waals surface area contributed by atoms with Crippen molar-refractivity contribution in [3.63, 3.8) is 0 Å². The predicted octanol–water partition coefficient (Wildman–Crippen LogP) is 4.25. The Hall–Kier alpha value is -4.01. The van der Waals surface area contributed by atoms with E-state index >= 15 is 0 Å². The number of para-hydroxylation sites is 1. The van der Waals surface area contributed by atoms with Crippen molar-refractivity contribution in [1.29, 1.82) is 0 Å². The van der Waals surface area contributed by atoms with Crippen LogP contribution in [0.3, 0.4) is 0 Å². The van der Waals surface area contributed by atoms with Crippen LogP contribution in [0.1, 0.15) is 49.3 Å². The molecular formula is C29H37N7O7S. The van der Waals surface area contributed by atoms with Crippen LogP contribution in [-0.4, -0.2) is 71.2 Å². The van der Waals surface area contributed by atoms with E-state index in [1.54, 1.807) is 49.0 Å². The highest BCUT2D eigenvalue weighted by atomic mass is 32.2. The van der Waals surface area contributed by atoms with E-state index in [2.05, 4.69) is 20.3 Å². The number of fused-ring (bicyclic) bond motifs is 1. The molecule has 0 bridgehead atoms. The first kappa shape index (κ1) is 32.9. The minimum absolute atomic E-state index is 0.00549. The smallest absolute Gasteiger partial charge is 0.312 e. The molecule has 2 atom stereocenters. The molecule has 15 heteroatoms. The van der Waals surface area contributed by atoms with E-state index < -0.39 is 27.5 Å². The first-order chi connectivity index (χ1) is 20.9. The lowest BCUT2D eigenvalue weighted by atomic mass is 9.81. The standard InChI is InChI=1S/C29H37N7O7S/c1-20-9-10-22(15-23(20)17-36-16-21(2)43-25-7-5-6-8-26(25)44(36,39)40)27(29(3,4)28(37)38)42-19-24-18-35(34-32-24)12-14-41-13-11-31-33-30/h5-10,15,18,21,27H,11-14,16-17,19H2,1-4H3,(H,37,38)/t21-,27-/m1/s1. The van der Waals surface area contributed by atoms with Crippen LogP contribution in [0.15, 0.2) is 58.7 Å². The van der Waals surface area contributed by atoms with Gasteiger partial charge in [-0.15, -0.1) is 5.10 Å². The molecule has 0 saturated carbocycles. The summed E-state index contributed by atoms with van der Waals surface area (Å²) < 4.78 is 47.8. The maximum atomic E-state index is 13.6. The van der Waals surface area contributed by atoms with Crippen LogP contribution in [0.25, 0.3) is 10.4 Å². The lowest BCUT2D eigenvalue weighted by molar-refractivity contribution is -0.158. The highest BCUT2D eigenvalue weighted by Crippen LogP contribution is 2.39. The van der Waals surface area contributed by atoms with Crippen LogP contribution >= 0.6 is 0 Å². The quantitative estimate of drug-likeness (QED) is 0.118. The first-order valence-corrected chi connectivity index (χ1v) is 15.6. The maximum Gasteiger partial charge on any atom is 0.312 e. The van der Waals surface area contributed by atoms with Crippen molar-refractivity contribution in [2.45, 2.75) is 64.5 Å². The number of carboxylic acids is 1. The first-order valence-electron chi connectivity index (χ1n) is 14.1. The summed E-state index contributed by atoms with van der Waals surface area (Å²) in [7, 11) is -3.86. The van der Waals surface area contributed by atoms with Gasteiger partial charge in [-0.1, -0.05) is 40.7 Å². The molecule has 14 nitrogen and oxygen atoms in total. The molecule has 1 aliphatic heterocycles. The van der Waals surface area contributed by atoms with E-state index in [1.807, 2.05) is 26.0 Å². The second kappa shape index (κ2) is 14.2. The number of aliphatic carboxylic acids is 1. The third kappa shape index (κ3) is 7.73. The fourth-order valence-electron chi connectivity index (χ4n) is 4.83. The topological polar surface area (TPSA) is 182 Å². The Kier molecular flexibility index (Phi) is 10.6. The van der Waals surface area contributed by atoms with Gasteiger partial charge in [0.25, 0.3) is 0 Å². The van der Waals surface area contributed by atoms with Gasteiger partial charge >= 0.3 is 5.97 Å². The molecule has 0 radical (unpaired) electrons. The molecule has 1 N–H and O–H groups in total. The molecule has 236 valence electrons. The third-order valence-corrected chi connectivity index (χ3v) is 9.18. The van der Waals surface area contributed by atoms with Gasteiger partial charge in [-0.2, -0.15) is 4.31 Å². The van der Waals surface area contributed by atoms with E-state index in [0.717, 1.165) is 11.1 Å². The highest BCUT2D eigenvalue weighted by molar-refractivity contribution is 7.89. The van der Waals surface area contributed by atoms with Crippen molar-refractivity contribution < 1.29 is 32.5 Å². The lowest BCUT2D eigenvalue weighted by Crippen LogP contribution is -2.36. The van der Waals surface area contributed by atoms with Crippen molar-refractivity contribution in [2.75, 3.05) is 26.3 Å². The van der Waals surface area contributed by atoms with Crippen LogP contribution in [0.5, 0.6) is 5.75 Å². The number of carbonyl (C=O) groups is 1. The summed E-state index contributed by atoms with van der Waals surface area (Å²) in [6.07, 6.45) is 0.418. The maximum absolute atomic E-state index is 13.6. The molecule has 2 aromatic carbocycles. The summed E-state index contributed by atoms with van der Waals surface area (Å²) in [6.45, 7) is 8.38. The summed E-state index contributed by atoms with van der Waals surface area (Å²) in [5.41, 5.74) is 9.65. The van der Waals surface area contributed by atoms with Gasteiger partial charge < -0.3 is 19.3 Å². The van der Waals surface area contributed by atoms with E-state index in [1.165, 1.54) is 10.4 Å². The molecule has 0 aliphatic carbocycles. The SMILES string of the molecule is Cc1ccc([C@@H](OCc2cn(CCOCCN=[N+]=[N-])nn2)C(C)(C)C(=O)O)cc1CN1C[C@@H](C)Oc2ccccc2S1(=O)=O. The van der Waals surface area contributed by atoms with Gasteiger partial charge in [0.2, 0.25) is 10.0 Å². The van der Waals surface area contributed by atoms with Crippen LogP contribution in [0.4, 0.5) is 0 Å². The summed E-state index contributed by atoms with van der Waals surface area (Å²) >= 11 is 0. The molecule has 0 fully saturated rings. The largest absolute Gasteiger partial charge is 0.488 e. The summed E-state index contributed by atoms with van der Waals surface area (Å²) in [5, 5.41) is 21.7. The normalized spacial score (nSPS) is 17.1. The Balaban J connectivity index is 1.54. The van der Waals surface area contributed by atoms with E-state index in [4.69, 9.17) is 19.7 Å². The van der Waals surface area contributed by atoms with Crippen molar-refractivity contribution in [3.05, 3.63) is 81.5 Å². The van der Waals surface area contributed by atoms with Crippen LogP contribution in [-0.2, 0) is 44.0 Å². The molecule has 0 saturated heterocycles. The highest BCUT2D eigenvalue weighted by Gasteiger charge is 2.40. The Bertz CT molecular complexity index is 1620. The van der Waals surface area contributed by atoms with Gasteiger partial charge in [-0.05, 0) is 62.0 Å². The molecule has 2 heterocycles. The Morgan fingerprint density at radius 3 is 2.80 bits per heavy atom. The van der Waals surface area contributed by atoms with Gasteiger partial charge in [0.1, 0.15) is 22.4 Å². The number of sulfonamides is 1. The van der Waals surface area contributed by atoms with E-state index in [-0.39, 0.29) is 37.2 Å². The predicted molar refractivity (Wildman–Crippen MR) is 159 cm³/mol. The number of hydrogen-bond donors (Lipinski definition) is 1. The molecule has 0 unspecified atom stereocenters. The minimum Gasteiger partial charge on any atom is -0.488 e. The summed E-state index contributed by atoms with van der Waals surface area (Å²) in [4.78, 5) is 15.1. The number of nitrogens with zero attached hydrogens (tertiary/aromatic N) is 7.